The Morgan fingerprint density at radius 2 is 1.73 bits per heavy atom. The van der Waals surface area contributed by atoms with Crippen molar-refractivity contribution in [2.75, 3.05) is 65.2 Å². The number of aryl methyl sites for hydroxylation is 1. The van der Waals surface area contributed by atoms with Crippen molar-refractivity contribution in [2.24, 2.45) is 5.41 Å². The minimum Gasteiger partial charge on any atom is -0.490 e. The lowest BCUT2D eigenvalue weighted by Crippen LogP contribution is -2.54. The predicted octanol–water partition coefficient (Wildman–Crippen LogP) is 6.89. The Balaban J connectivity index is 1.46. The number of sulfonamides is 1. The third-order valence-electron chi connectivity index (χ3n) is 10.6. The summed E-state index contributed by atoms with van der Waals surface area (Å²) in [6.07, 6.45) is 1.15. The van der Waals surface area contributed by atoms with E-state index < -0.39 is 27.6 Å². The van der Waals surface area contributed by atoms with E-state index in [0.29, 0.717) is 39.5 Å². The van der Waals surface area contributed by atoms with Crippen LogP contribution in [0.4, 0.5) is 5.69 Å². The van der Waals surface area contributed by atoms with Crippen molar-refractivity contribution in [1.82, 2.24) is 4.31 Å². The van der Waals surface area contributed by atoms with Crippen LogP contribution in [0.1, 0.15) is 75.1 Å². The summed E-state index contributed by atoms with van der Waals surface area (Å²) in [5.41, 5.74) is 4.08. The van der Waals surface area contributed by atoms with Gasteiger partial charge in [-0.1, -0.05) is 48.0 Å². The lowest BCUT2D eigenvalue weighted by atomic mass is 9.77. The normalized spacial score (nSPS) is 19.8. The van der Waals surface area contributed by atoms with Crippen molar-refractivity contribution in [3.63, 3.8) is 0 Å². The highest BCUT2D eigenvalue weighted by Gasteiger charge is 2.46. The Morgan fingerprint density at radius 3 is 2.42 bits per heavy atom. The van der Waals surface area contributed by atoms with Gasteiger partial charge in [-0.05, 0) is 94.8 Å². The smallest absolute Gasteiger partial charge is 0.311 e. The minimum atomic E-state index is -3.97. The van der Waals surface area contributed by atoms with Crippen molar-refractivity contribution in [2.45, 2.75) is 96.2 Å². The third kappa shape index (κ3) is 11.1. The first kappa shape index (κ1) is 42.6. The van der Waals surface area contributed by atoms with Crippen LogP contribution in [0.3, 0.4) is 0 Å². The van der Waals surface area contributed by atoms with Crippen LogP contribution in [0, 0.1) is 12.3 Å². The summed E-state index contributed by atoms with van der Waals surface area (Å²) in [6, 6.07) is 20.8. The fraction of sp³-hybridized carbons (Fsp3) is 0.558. The first-order chi connectivity index (χ1) is 26.4. The van der Waals surface area contributed by atoms with Crippen molar-refractivity contribution < 1.29 is 41.6 Å². The molecule has 2 aliphatic rings. The molecule has 11 nitrogen and oxygen atoms in total. The number of nitrogens with zero attached hydrogens (tertiary/aromatic N) is 2. The van der Waals surface area contributed by atoms with Gasteiger partial charge in [-0.15, -0.1) is 0 Å². The quantitative estimate of drug-likeness (QED) is 0.0942. The summed E-state index contributed by atoms with van der Waals surface area (Å²) in [4.78, 5) is 15.5. The molecule has 0 aromatic heterocycles. The van der Waals surface area contributed by atoms with E-state index in [2.05, 4.69) is 35.2 Å². The van der Waals surface area contributed by atoms with Gasteiger partial charge in [-0.2, -0.15) is 4.31 Å². The summed E-state index contributed by atoms with van der Waals surface area (Å²) in [7, 11) is -0.891. The van der Waals surface area contributed by atoms with E-state index in [1.807, 2.05) is 58.9 Å². The number of piperidine rings is 1. The number of anilines is 1. The average molecular weight is 781 g/mol. The Bertz CT molecular complexity index is 1780. The second kappa shape index (κ2) is 19.6. The molecule has 0 saturated carbocycles. The van der Waals surface area contributed by atoms with Gasteiger partial charge in [-0.25, -0.2) is 8.42 Å². The topological polar surface area (TPSA) is 113 Å². The molecule has 0 bridgehead atoms. The van der Waals surface area contributed by atoms with E-state index in [1.54, 1.807) is 23.5 Å². The van der Waals surface area contributed by atoms with E-state index in [-0.39, 0.29) is 42.5 Å². The predicted molar refractivity (Wildman–Crippen MR) is 213 cm³/mol. The molecule has 0 aliphatic carbocycles. The zero-order valence-corrected chi connectivity index (χ0v) is 34.4. The lowest BCUT2D eigenvalue weighted by Gasteiger charge is -2.45. The van der Waals surface area contributed by atoms with Crippen molar-refractivity contribution in [1.29, 1.82) is 0 Å². The molecule has 1 fully saturated rings. The Kier molecular flexibility index (Phi) is 15.2. The molecule has 1 saturated heterocycles. The zero-order valence-electron chi connectivity index (χ0n) is 33.6. The van der Waals surface area contributed by atoms with Crippen molar-refractivity contribution >= 4 is 21.7 Å². The summed E-state index contributed by atoms with van der Waals surface area (Å²) in [6.45, 7) is 14.4. The molecule has 55 heavy (non-hydrogen) atoms. The summed E-state index contributed by atoms with van der Waals surface area (Å²) < 4.78 is 65.4. The first-order valence-corrected chi connectivity index (χ1v) is 20.9. The molecule has 0 unspecified atom stereocenters. The number of benzene rings is 3. The monoisotopic (exact) mass is 780 g/mol. The molecule has 2 heterocycles. The number of ether oxygens (including phenoxy) is 6. The molecule has 0 spiro atoms. The molecule has 5 rings (SSSR count). The lowest BCUT2D eigenvalue weighted by molar-refractivity contribution is -0.152. The number of rotatable bonds is 19. The number of hydrogen-bond acceptors (Lipinski definition) is 10. The number of hydrogen-bond donors (Lipinski definition) is 0. The van der Waals surface area contributed by atoms with Gasteiger partial charge in [0.15, 0.2) is 0 Å². The zero-order chi connectivity index (χ0) is 39.6. The van der Waals surface area contributed by atoms with Crippen LogP contribution in [0.15, 0.2) is 71.6 Å². The maximum Gasteiger partial charge on any atom is 0.311 e. The molecular weight excluding hydrogens is 721 g/mol. The fourth-order valence-corrected chi connectivity index (χ4v) is 9.24. The molecule has 3 aromatic carbocycles. The first-order valence-electron chi connectivity index (χ1n) is 19.4. The van der Waals surface area contributed by atoms with Crippen LogP contribution in [0.25, 0.3) is 0 Å². The minimum absolute atomic E-state index is 0.0103. The van der Waals surface area contributed by atoms with Crippen LogP contribution in [-0.4, -0.2) is 97.2 Å². The highest BCUT2D eigenvalue weighted by Crippen LogP contribution is 2.42. The Hall–Kier alpha value is -3.52. The summed E-state index contributed by atoms with van der Waals surface area (Å²) in [5, 5.41) is 0. The maximum absolute atomic E-state index is 14.5. The SMILES string of the molecule is CCO[C@H](C)COCc1ccc([C@H]2C[C@@H](CC(C)(C)C(=O)OC)N(S(=O)(=O)c3ccc(C)cc3)C[C@@H]2OCc2ccc3c(c2)N(CCCOC)CCO3)cc1. The van der Waals surface area contributed by atoms with Crippen molar-refractivity contribution in [3.8, 4) is 5.75 Å². The van der Waals surface area contributed by atoms with Crippen LogP contribution in [0.5, 0.6) is 5.75 Å². The van der Waals surface area contributed by atoms with Gasteiger partial charge < -0.3 is 33.3 Å². The number of esters is 1. The van der Waals surface area contributed by atoms with Crippen LogP contribution >= 0.6 is 0 Å². The average Bonchev–Trinajstić information content (AvgIpc) is 3.17. The van der Waals surface area contributed by atoms with Gasteiger partial charge in [0, 0.05) is 45.4 Å². The number of fused-ring (bicyclic) bond motifs is 1. The van der Waals surface area contributed by atoms with E-state index >= 15 is 0 Å². The molecule has 0 amide bonds. The number of carbonyl (C=O) groups excluding carboxylic acids is 1. The molecular formula is C43H60N2O9S. The van der Waals surface area contributed by atoms with Gasteiger partial charge in [0.1, 0.15) is 12.4 Å². The standard InChI is InChI=1S/C43H60N2O9S/c1-8-52-32(3)28-51-29-33-12-15-35(16-13-33)38-25-36(26-43(4,5)42(46)50-7)45(55(47,48)37-17-10-31(2)11-18-37)27-41(38)54-30-34-14-19-40-39(24-34)44(21-23-53-40)20-9-22-49-6/h10-19,24,32,36,38,41H,8-9,20-23,25-30H2,1-7H3/t32-,36+,38-,41+/m1/s1. The number of carbonyl (C=O) groups is 1. The second-order valence-corrected chi connectivity index (χ2v) is 17.2. The molecule has 0 radical (unpaired) electrons. The van der Waals surface area contributed by atoms with Crippen LogP contribution in [-0.2, 0) is 51.7 Å². The summed E-state index contributed by atoms with van der Waals surface area (Å²) in [5.74, 6) is 0.291. The van der Waals surface area contributed by atoms with Gasteiger partial charge in [0.25, 0.3) is 0 Å². The van der Waals surface area contributed by atoms with Gasteiger partial charge in [0.2, 0.25) is 10.0 Å². The van der Waals surface area contributed by atoms with Gasteiger partial charge >= 0.3 is 5.97 Å². The molecule has 2 aliphatic heterocycles. The van der Waals surface area contributed by atoms with Gasteiger partial charge in [-0.3, -0.25) is 4.79 Å². The van der Waals surface area contributed by atoms with E-state index in [0.717, 1.165) is 53.2 Å². The molecule has 302 valence electrons. The molecule has 4 atom stereocenters. The Morgan fingerprint density at radius 1 is 1.00 bits per heavy atom. The van der Waals surface area contributed by atoms with E-state index in [4.69, 9.17) is 28.4 Å². The van der Waals surface area contributed by atoms with Crippen LogP contribution in [0.2, 0.25) is 0 Å². The van der Waals surface area contributed by atoms with E-state index in [1.165, 1.54) is 7.11 Å². The highest BCUT2D eigenvalue weighted by atomic mass is 32.2. The Labute approximate surface area is 328 Å². The maximum atomic E-state index is 14.5. The molecule has 12 heteroatoms. The van der Waals surface area contributed by atoms with Gasteiger partial charge in [0.05, 0.1) is 61.7 Å². The second-order valence-electron chi connectivity index (χ2n) is 15.3. The molecule has 0 N–H and O–H groups in total. The molecule has 3 aromatic rings. The van der Waals surface area contributed by atoms with Crippen LogP contribution < -0.4 is 9.64 Å². The fourth-order valence-electron chi connectivity index (χ4n) is 7.59. The largest absolute Gasteiger partial charge is 0.490 e. The highest BCUT2D eigenvalue weighted by molar-refractivity contribution is 7.89. The number of methoxy groups -OCH3 is 2. The van der Waals surface area contributed by atoms with E-state index in [9.17, 15) is 13.2 Å². The van der Waals surface area contributed by atoms with Crippen molar-refractivity contribution in [3.05, 3.63) is 89.0 Å². The summed E-state index contributed by atoms with van der Waals surface area (Å²) >= 11 is 0. The third-order valence-corrected chi connectivity index (χ3v) is 12.5.